The molecule has 12 nitrogen and oxygen atoms in total. The zero-order valence-corrected chi connectivity index (χ0v) is 20.6. The number of para-hydroxylation sites is 1. The molecule has 0 radical (unpaired) electrons. The summed E-state index contributed by atoms with van der Waals surface area (Å²) in [7, 11) is -4.88. The summed E-state index contributed by atoms with van der Waals surface area (Å²) in [6.45, 7) is 4.36. The van der Waals surface area contributed by atoms with E-state index < -0.39 is 104 Å². The summed E-state index contributed by atoms with van der Waals surface area (Å²) in [6.07, 6.45) is -4.96. The number of nitrogens with one attached hydrogen (secondary N) is 2. The molecule has 0 amide bonds. The van der Waals surface area contributed by atoms with E-state index >= 15 is 4.39 Å². The van der Waals surface area contributed by atoms with E-state index in [9.17, 15) is 24.1 Å². The first-order valence-electron chi connectivity index (χ1n) is 13.2. The van der Waals surface area contributed by atoms with E-state index in [0.717, 1.165) is 19.2 Å². The number of carbonyl (C=O) groups is 1. The minimum Gasteiger partial charge on any atom is -0.462 e. The van der Waals surface area contributed by atoms with Gasteiger partial charge in [0.2, 0.25) is 0 Å². The quantitative estimate of drug-likeness (QED) is 0.302. The first-order chi connectivity index (χ1) is 18.9. The van der Waals surface area contributed by atoms with E-state index in [0.29, 0.717) is 4.57 Å². The predicted molar refractivity (Wildman–Crippen MR) is 125 cm³/mol. The summed E-state index contributed by atoms with van der Waals surface area (Å²) < 4.78 is 90.7. The molecule has 1 aromatic heterocycles. The van der Waals surface area contributed by atoms with Gasteiger partial charge in [0.15, 0.2) is 11.9 Å². The van der Waals surface area contributed by atoms with Crippen LogP contribution in [0.3, 0.4) is 0 Å². The summed E-state index contributed by atoms with van der Waals surface area (Å²) in [5.74, 6) is -1.78. The van der Waals surface area contributed by atoms with E-state index in [1.165, 1.54) is 6.92 Å². The van der Waals surface area contributed by atoms with Crippen molar-refractivity contribution >= 4 is 13.7 Å². The lowest BCUT2D eigenvalue weighted by Crippen LogP contribution is -2.43. The number of esters is 1. The van der Waals surface area contributed by atoms with Crippen LogP contribution in [0.1, 0.15) is 40.8 Å². The number of hydrogen-bond acceptors (Lipinski definition) is 9. The maximum Gasteiger partial charge on any atom is 0.459 e. The lowest BCUT2D eigenvalue weighted by atomic mass is 9.98. The van der Waals surface area contributed by atoms with E-state index in [-0.39, 0.29) is 0 Å². The van der Waals surface area contributed by atoms with Gasteiger partial charge in [-0.3, -0.25) is 23.7 Å². The fraction of sp³-hybridized carbons (Fsp3) is 0.500. The van der Waals surface area contributed by atoms with Crippen LogP contribution in [0.15, 0.2) is 52.1 Å². The molecule has 2 heterocycles. The number of aliphatic hydroxyl groups is 1. The number of aromatic nitrogens is 2. The number of halogens is 1. The molecule has 1 aromatic carbocycles. The molecule has 1 fully saturated rings. The Morgan fingerprint density at radius 1 is 1.36 bits per heavy atom. The minimum absolute atomic E-state index is 0.563. The Kier molecular flexibility index (Phi) is 6.53. The summed E-state index contributed by atoms with van der Waals surface area (Å²) in [5.41, 5.74) is -4.42. The zero-order valence-electron chi connectivity index (χ0n) is 24.7. The molecule has 0 bridgehead atoms. The smallest absolute Gasteiger partial charge is 0.459 e. The van der Waals surface area contributed by atoms with Gasteiger partial charge in [-0.25, -0.2) is 13.8 Å². The molecule has 0 saturated carbocycles. The van der Waals surface area contributed by atoms with Crippen molar-refractivity contribution in [3.05, 3.63) is 63.3 Å². The fourth-order valence-corrected chi connectivity index (χ4v) is 4.69. The third-order valence-corrected chi connectivity index (χ3v) is 6.59. The van der Waals surface area contributed by atoms with Crippen LogP contribution in [0.5, 0.6) is 5.75 Å². The Morgan fingerprint density at radius 3 is 2.64 bits per heavy atom. The number of nitrogens with zero attached hydrogens (tertiary/aromatic N) is 1. The van der Waals surface area contributed by atoms with Gasteiger partial charge >= 0.3 is 19.4 Å². The Labute approximate surface area is 213 Å². The van der Waals surface area contributed by atoms with E-state index in [1.807, 2.05) is 4.98 Å². The highest BCUT2D eigenvalue weighted by Crippen LogP contribution is 2.47. The van der Waals surface area contributed by atoms with Crippen LogP contribution in [-0.2, 0) is 23.4 Å². The second-order valence-electron chi connectivity index (χ2n) is 8.32. The highest BCUT2D eigenvalue weighted by Gasteiger charge is 2.55. The molecule has 3 rings (SSSR count). The first kappa shape index (κ1) is 21.3. The van der Waals surface area contributed by atoms with Crippen molar-refractivity contribution in [1.29, 1.82) is 0 Å². The molecular formula is C22H29FN3O9P. The van der Waals surface area contributed by atoms with Crippen LogP contribution < -0.4 is 20.9 Å². The number of hydrogen-bond donors (Lipinski definition) is 3. The number of alkyl halides is 1. The van der Waals surface area contributed by atoms with Crippen molar-refractivity contribution < 1.29 is 44.2 Å². The van der Waals surface area contributed by atoms with Gasteiger partial charge in [-0.05, 0) is 39.8 Å². The zero-order chi connectivity index (χ0) is 31.0. The molecule has 0 aliphatic carbocycles. The summed E-state index contributed by atoms with van der Waals surface area (Å²) in [6, 6.07) is -4.57. The molecule has 0 spiro atoms. The summed E-state index contributed by atoms with van der Waals surface area (Å²) in [4.78, 5) is 37.9. The SMILES string of the molecule is [2H]c1c([2H])c([2H])c(O[P@@](=O)(N[C@H](C)C(=O)OC(C)C)OC[C@H]2O[C@@H](n3ccc(=O)[nH]c3=O)[C@](C)(F)[C@@H]2O)c([2H])c1[2H]. The van der Waals surface area contributed by atoms with E-state index in [4.69, 9.17) is 25.4 Å². The van der Waals surface area contributed by atoms with Crippen LogP contribution in [0.25, 0.3) is 0 Å². The third-order valence-electron chi connectivity index (χ3n) is 4.98. The lowest BCUT2D eigenvalue weighted by molar-refractivity contribution is -0.149. The molecular weight excluding hydrogens is 500 g/mol. The van der Waals surface area contributed by atoms with Crippen molar-refractivity contribution in [3.63, 3.8) is 0 Å². The average Bonchev–Trinajstić information content (AvgIpc) is 3.10. The molecule has 2 aromatic rings. The van der Waals surface area contributed by atoms with E-state index in [2.05, 4.69) is 5.09 Å². The van der Waals surface area contributed by atoms with Gasteiger partial charge in [-0.2, -0.15) is 5.09 Å². The van der Waals surface area contributed by atoms with Gasteiger partial charge in [0.05, 0.1) is 19.6 Å². The Hall–Kier alpha value is -2.83. The molecule has 1 aliphatic rings. The van der Waals surface area contributed by atoms with Gasteiger partial charge in [0.25, 0.3) is 5.56 Å². The standard InChI is InChI=1S/C22H29FN3O9P/c1-13(2)33-19(29)14(3)25-36(31,35-15-8-6-5-7-9-15)32-12-16-18(28)22(4,23)20(34-16)26-11-10-17(27)24-21(26)30/h5-11,13-14,16,18,20,28H,12H2,1-4H3,(H,25,31)(H,24,27,30)/t14-,16-,18-,20-,22-,36-/m1/s1/i5D,6D,7D,8D,9D. The molecule has 1 aliphatic heterocycles. The Balaban J connectivity index is 1.94. The van der Waals surface area contributed by atoms with Gasteiger partial charge in [-0.15, -0.1) is 0 Å². The summed E-state index contributed by atoms with van der Waals surface area (Å²) >= 11 is 0. The second kappa shape index (κ2) is 11.1. The molecule has 1 saturated heterocycles. The maximum atomic E-state index is 15.6. The number of benzene rings is 1. The van der Waals surface area contributed by atoms with Gasteiger partial charge in [0.1, 0.15) is 24.0 Å². The molecule has 3 N–H and O–H groups in total. The number of rotatable bonds is 10. The monoisotopic (exact) mass is 534 g/mol. The number of ether oxygens (including phenoxy) is 2. The topological polar surface area (TPSA) is 158 Å². The third kappa shape index (κ3) is 6.48. The highest BCUT2D eigenvalue weighted by molar-refractivity contribution is 7.52. The number of aliphatic hydroxyl groups excluding tert-OH is 1. The van der Waals surface area contributed by atoms with Crippen molar-refractivity contribution in [1.82, 2.24) is 14.6 Å². The van der Waals surface area contributed by atoms with Crippen molar-refractivity contribution in [3.8, 4) is 5.75 Å². The highest BCUT2D eigenvalue weighted by atomic mass is 31.2. The van der Waals surface area contributed by atoms with E-state index in [1.54, 1.807) is 13.8 Å². The molecule has 6 atom stereocenters. The van der Waals surface area contributed by atoms with Crippen LogP contribution in [0.2, 0.25) is 0 Å². The molecule has 198 valence electrons. The number of aromatic amines is 1. The number of H-pyrrole nitrogens is 1. The van der Waals surface area contributed by atoms with Crippen molar-refractivity contribution in [2.24, 2.45) is 0 Å². The normalized spacial score (nSPS) is 28.3. The van der Waals surface area contributed by atoms with Gasteiger partial charge < -0.3 is 19.1 Å². The predicted octanol–water partition coefficient (Wildman–Crippen LogP) is 1.66. The maximum absolute atomic E-state index is 15.6. The van der Waals surface area contributed by atoms with Crippen LogP contribution >= 0.6 is 7.75 Å². The Morgan fingerprint density at radius 2 is 2.03 bits per heavy atom. The average molecular weight is 534 g/mol. The van der Waals surface area contributed by atoms with Crippen LogP contribution in [0.4, 0.5) is 4.39 Å². The van der Waals surface area contributed by atoms with Crippen LogP contribution in [0, 0.1) is 0 Å². The Bertz CT molecular complexity index is 1460. The van der Waals surface area contributed by atoms with Gasteiger partial charge in [0, 0.05) is 12.3 Å². The largest absolute Gasteiger partial charge is 0.462 e. The van der Waals surface area contributed by atoms with Crippen molar-refractivity contribution in [2.45, 2.75) is 63.9 Å². The van der Waals surface area contributed by atoms with Crippen LogP contribution in [-0.4, -0.2) is 57.3 Å². The van der Waals surface area contributed by atoms with Crippen molar-refractivity contribution in [2.75, 3.05) is 6.61 Å². The minimum atomic E-state index is -4.88. The molecule has 0 unspecified atom stereocenters. The lowest BCUT2D eigenvalue weighted by Gasteiger charge is -2.25. The first-order valence-corrected chi connectivity index (χ1v) is 12.3. The fourth-order valence-electron chi connectivity index (χ4n) is 3.25. The summed E-state index contributed by atoms with van der Waals surface area (Å²) in [5, 5.41) is 12.9. The molecule has 36 heavy (non-hydrogen) atoms. The van der Waals surface area contributed by atoms with Gasteiger partial charge in [-0.1, -0.05) is 18.1 Å². The number of carbonyl (C=O) groups excluding carboxylic acids is 1. The molecule has 14 heteroatoms. The second-order valence-corrected chi connectivity index (χ2v) is 10.0.